The van der Waals surface area contributed by atoms with Crippen LogP contribution in [0.1, 0.15) is 17.3 Å². The maximum atomic E-state index is 10.9. The van der Waals surface area contributed by atoms with Gasteiger partial charge in [0.2, 0.25) is 0 Å². The Morgan fingerprint density at radius 1 is 1.57 bits per heavy atom. The first-order valence-electron chi connectivity index (χ1n) is 3.88. The highest BCUT2D eigenvalue weighted by atomic mass is 16.5. The summed E-state index contributed by atoms with van der Waals surface area (Å²) in [4.78, 5) is 21.5. The second kappa shape index (κ2) is 4.31. The van der Waals surface area contributed by atoms with Crippen molar-refractivity contribution in [3.63, 3.8) is 0 Å². The molecule has 6 heteroatoms. The molecule has 0 aromatic carbocycles. The number of carboxylic acids is 1. The van der Waals surface area contributed by atoms with E-state index in [2.05, 4.69) is 14.5 Å². The molecule has 6 nitrogen and oxygen atoms in total. The Morgan fingerprint density at radius 3 is 2.86 bits per heavy atom. The fourth-order valence-corrected chi connectivity index (χ4v) is 0.837. The fraction of sp³-hybridized carbons (Fsp3) is 0.250. The van der Waals surface area contributed by atoms with Crippen molar-refractivity contribution in [1.82, 2.24) is 0 Å². The van der Waals surface area contributed by atoms with Crippen LogP contribution in [0, 0.1) is 0 Å². The molecule has 0 saturated heterocycles. The molecule has 0 aliphatic heterocycles. The van der Waals surface area contributed by atoms with E-state index in [9.17, 15) is 9.59 Å². The van der Waals surface area contributed by atoms with Crippen LogP contribution in [-0.2, 0) is 4.74 Å². The summed E-state index contributed by atoms with van der Waals surface area (Å²) in [5.41, 5.74) is -0.0333. The third-order valence-corrected chi connectivity index (χ3v) is 1.40. The van der Waals surface area contributed by atoms with Crippen LogP contribution in [0.3, 0.4) is 0 Å². The largest absolute Gasteiger partial charge is 0.477 e. The van der Waals surface area contributed by atoms with Gasteiger partial charge in [0.1, 0.15) is 18.1 Å². The molecule has 0 aliphatic carbocycles. The number of hydrogen-bond acceptors (Lipinski definition) is 4. The minimum absolute atomic E-state index is 0.0796. The molecule has 1 aromatic rings. The SMILES string of the molecule is CCOC(=O)Nc1cocc1C(=O)O. The van der Waals surface area contributed by atoms with E-state index in [1.807, 2.05) is 0 Å². The van der Waals surface area contributed by atoms with Crippen LogP contribution >= 0.6 is 0 Å². The lowest BCUT2D eigenvalue weighted by Crippen LogP contribution is -2.14. The van der Waals surface area contributed by atoms with Gasteiger partial charge < -0.3 is 14.3 Å². The summed E-state index contributed by atoms with van der Waals surface area (Å²) in [6.45, 7) is 1.86. The predicted molar refractivity (Wildman–Crippen MR) is 46.3 cm³/mol. The number of aromatic carboxylic acids is 1. The van der Waals surface area contributed by atoms with E-state index in [0.29, 0.717) is 0 Å². The van der Waals surface area contributed by atoms with Gasteiger partial charge in [0.05, 0.1) is 12.3 Å². The molecule has 2 N–H and O–H groups in total. The lowest BCUT2D eigenvalue weighted by Gasteiger charge is -2.02. The van der Waals surface area contributed by atoms with Crippen LogP contribution in [0.25, 0.3) is 0 Å². The first kappa shape index (κ1) is 10.1. The third-order valence-electron chi connectivity index (χ3n) is 1.40. The van der Waals surface area contributed by atoms with Crippen LogP contribution in [0.2, 0.25) is 0 Å². The molecular formula is C8H9NO5. The van der Waals surface area contributed by atoms with Crippen molar-refractivity contribution >= 4 is 17.7 Å². The minimum Gasteiger partial charge on any atom is -0.477 e. The van der Waals surface area contributed by atoms with E-state index in [1.165, 1.54) is 0 Å². The van der Waals surface area contributed by atoms with Gasteiger partial charge in [0.25, 0.3) is 0 Å². The summed E-state index contributed by atoms with van der Waals surface area (Å²) in [5.74, 6) is -1.18. The van der Waals surface area contributed by atoms with E-state index in [0.717, 1.165) is 12.5 Å². The maximum Gasteiger partial charge on any atom is 0.411 e. The number of carboxylic acid groups (broad SMARTS) is 1. The van der Waals surface area contributed by atoms with Crippen LogP contribution in [-0.4, -0.2) is 23.8 Å². The summed E-state index contributed by atoms with van der Waals surface area (Å²) in [5, 5.41) is 10.9. The standard InChI is InChI=1S/C8H9NO5/c1-2-14-8(12)9-6-4-13-3-5(6)7(10)11/h3-4H,2H2,1H3,(H,9,12)(H,10,11). The van der Waals surface area contributed by atoms with Gasteiger partial charge in [-0.05, 0) is 6.92 Å². The molecule has 0 aliphatic rings. The molecule has 0 unspecified atom stereocenters. The minimum atomic E-state index is -1.18. The number of nitrogens with one attached hydrogen (secondary N) is 1. The second-order valence-electron chi connectivity index (χ2n) is 2.35. The molecule has 76 valence electrons. The zero-order valence-electron chi connectivity index (χ0n) is 7.44. The molecule has 0 atom stereocenters. The average Bonchev–Trinajstić information content (AvgIpc) is 2.52. The third kappa shape index (κ3) is 2.25. The number of carbonyl (C=O) groups is 2. The normalized spacial score (nSPS) is 9.50. The van der Waals surface area contributed by atoms with Gasteiger partial charge in [-0.2, -0.15) is 0 Å². The zero-order chi connectivity index (χ0) is 10.6. The van der Waals surface area contributed by atoms with Crippen molar-refractivity contribution in [1.29, 1.82) is 0 Å². The summed E-state index contributed by atoms with van der Waals surface area (Å²) in [7, 11) is 0. The van der Waals surface area contributed by atoms with E-state index >= 15 is 0 Å². The molecule has 0 spiro atoms. The van der Waals surface area contributed by atoms with Gasteiger partial charge in [0, 0.05) is 0 Å². The smallest absolute Gasteiger partial charge is 0.411 e. The molecule has 0 bridgehead atoms. The van der Waals surface area contributed by atoms with Crippen molar-refractivity contribution in [2.24, 2.45) is 0 Å². The predicted octanol–water partition coefficient (Wildman–Crippen LogP) is 1.55. The van der Waals surface area contributed by atoms with Gasteiger partial charge in [-0.15, -0.1) is 0 Å². The van der Waals surface area contributed by atoms with E-state index in [4.69, 9.17) is 5.11 Å². The van der Waals surface area contributed by atoms with Crippen molar-refractivity contribution in [3.05, 3.63) is 18.1 Å². The van der Waals surface area contributed by atoms with Crippen molar-refractivity contribution in [2.75, 3.05) is 11.9 Å². The molecule has 1 rings (SSSR count). The van der Waals surface area contributed by atoms with Crippen LogP contribution in [0.5, 0.6) is 0 Å². The molecule has 1 amide bonds. The number of ether oxygens (including phenoxy) is 1. The van der Waals surface area contributed by atoms with E-state index in [1.54, 1.807) is 6.92 Å². The molecular weight excluding hydrogens is 190 g/mol. The van der Waals surface area contributed by atoms with Gasteiger partial charge in [-0.1, -0.05) is 0 Å². The van der Waals surface area contributed by atoms with Crippen LogP contribution in [0.4, 0.5) is 10.5 Å². The van der Waals surface area contributed by atoms with Gasteiger partial charge >= 0.3 is 12.1 Å². The van der Waals surface area contributed by atoms with E-state index < -0.39 is 12.1 Å². The number of hydrogen-bond donors (Lipinski definition) is 2. The van der Waals surface area contributed by atoms with Crippen LogP contribution in [0.15, 0.2) is 16.9 Å². The number of amides is 1. The Balaban J connectivity index is 2.71. The lowest BCUT2D eigenvalue weighted by molar-refractivity contribution is 0.0697. The molecule has 0 saturated carbocycles. The number of rotatable bonds is 3. The van der Waals surface area contributed by atoms with Crippen LogP contribution < -0.4 is 5.32 Å². The average molecular weight is 199 g/mol. The highest BCUT2D eigenvalue weighted by molar-refractivity contribution is 5.98. The highest BCUT2D eigenvalue weighted by Gasteiger charge is 2.14. The monoisotopic (exact) mass is 199 g/mol. The maximum absolute atomic E-state index is 10.9. The topological polar surface area (TPSA) is 88.8 Å². The molecule has 1 heterocycles. The Morgan fingerprint density at radius 2 is 2.29 bits per heavy atom. The fourth-order valence-electron chi connectivity index (χ4n) is 0.837. The summed E-state index contributed by atoms with van der Waals surface area (Å²) in [6.07, 6.45) is 1.45. The first-order chi connectivity index (χ1) is 6.65. The summed E-state index contributed by atoms with van der Waals surface area (Å²) < 4.78 is 9.20. The summed E-state index contributed by atoms with van der Waals surface area (Å²) >= 11 is 0. The Kier molecular flexibility index (Phi) is 3.11. The Hall–Kier alpha value is -1.98. The number of anilines is 1. The van der Waals surface area contributed by atoms with Gasteiger partial charge in [-0.3, -0.25) is 5.32 Å². The Bertz CT molecular complexity index is 343. The lowest BCUT2D eigenvalue weighted by atomic mass is 10.3. The second-order valence-corrected chi connectivity index (χ2v) is 2.35. The van der Waals surface area contributed by atoms with Gasteiger partial charge in [0.15, 0.2) is 0 Å². The highest BCUT2D eigenvalue weighted by Crippen LogP contribution is 2.16. The first-order valence-corrected chi connectivity index (χ1v) is 3.88. The molecule has 0 fully saturated rings. The summed E-state index contributed by atoms with van der Waals surface area (Å²) in [6, 6.07) is 0. The van der Waals surface area contributed by atoms with Crippen molar-refractivity contribution in [2.45, 2.75) is 6.92 Å². The van der Waals surface area contributed by atoms with Gasteiger partial charge in [-0.25, -0.2) is 9.59 Å². The molecule has 1 aromatic heterocycles. The van der Waals surface area contributed by atoms with Crippen molar-refractivity contribution < 1.29 is 23.8 Å². The molecule has 14 heavy (non-hydrogen) atoms. The molecule has 0 radical (unpaired) electrons. The Labute approximate surface area is 79.5 Å². The van der Waals surface area contributed by atoms with E-state index in [-0.39, 0.29) is 17.9 Å². The number of carbonyl (C=O) groups excluding carboxylic acids is 1. The quantitative estimate of drug-likeness (QED) is 0.770. The van der Waals surface area contributed by atoms with Crippen molar-refractivity contribution in [3.8, 4) is 0 Å². The number of furan rings is 1. The zero-order valence-corrected chi connectivity index (χ0v) is 7.44.